The van der Waals surface area contributed by atoms with E-state index in [2.05, 4.69) is 60.9 Å². The molecule has 33 heavy (non-hydrogen) atoms. The first-order chi connectivity index (χ1) is 16.0. The Labute approximate surface area is 191 Å². The highest BCUT2D eigenvalue weighted by Crippen LogP contribution is 2.50. The van der Waals surface area contributed by atoms with Crippen LogP contribution in [0.15, 0.2) is 49.4 Å². The zero-order valence-electron chi connectivity index (χ0n) is 18.2. The number of anilines is 2. The SMILES string of the molecule is C=C(c1cnc(N)nc1)c1[nH]nc2nc(N3CCC4(CC3)Cc3ccccc3[C@H]4N)cnc12. The van der Waals surface area contributed by atoms with Gasteiger partial charge in [0.25, 0.3) is 0 Å². The van der Waals surface area contributed by atoms with Gasteiger partial charge >= 0.3 is 0 Å². The number of nitrogens with one attached hydrogen (secondary N) is 1. The van der Waals surface area contributed by atoms with Crippen LogP contribution in [0.2, 0.25) is 0 Å². The Kier molecular flexibility index (Phi) is 4.41. The van der Waals surface area contributed by atoms with Crippen molar-refractivity contribution in [2.75, 3.05) is 23.7 Å². The first-order valence-electron chi connectivity index (χ1n) is 11.1. The maximum atomic E-state index is 6.72. The van der Waals surface area contributed by atoms with Crippen LogP contribution in [-0.2, 0) is 6.42 Å². The van der Waals surface area contributed by atoms with E-state index in [0.717, 1.165) is 43.7 Å². The fourth-order valence-electron chi connectivity index (χ4n) is 5.27. The Hall–Kier alpha value is -3.85. The lowest BCUT2D eigenvalue weighted by molar-refractivity contribution is 0.187. The van der Waals surface area contributed by atoms with Crippen LogP contribution in [-0.4, -0.2) is 43.2 Å². The highest BCUT2D eigenvalue weighted by atomic mass is 15.2. The van der Waals surface area contributed by atoms with Gasteiger partial charge < -0.3 is 16.4 Å². The minimum atomic E-state index is 0.0987. The Morgan fingerprint density at radius 3 is 2.61 bits per heavy atom. The van der Waals surface area contributed by atoms with Crippen LogP contribution in [0.4, 0.5) is 11.8 Å². The largest absolute Gasteiger partial charge is 0.368 e. The Morgan fingerprint density at radius 1 is 1.09 bits per heavy atom. The molecular weight excluding hydrogens is 414 g/mol. The highest BCUT2D eigenvalue weighted by molar-refractivity contribution is 5.90. The number of nitrogens with zero attached hydrogens (tertiary/aromatic N) is 6. The second kappa shape index (κ2) is 7.35. The molecule has 9 nitrogen and oxygen atoms in total. The number of hydrogen-bond acceptors (Lipinski definition) is 8. The van der Waals surface area contributed by atoms with Crippen LogP contribution in [0.3, 0.4) is 0 Å². The Balaban J connectivity index is 1.21. The van der Waals surface area contributed by atoms with Crippen LogP contribution in [0.25, 0.3) is 16.7 Å². The molecule has 6 rings (SSSR count). The van der Waals surface area contributed by atoms with Gasteiger partial charge in [-0.1, -0.05) is 30.8 Å². The fourth-order valence-corrected chi connectivity index (χ4v) is 5.27. The van der Waals surface area contributed by atoms with E-state index >= 15 is 0 Å². The number of H-pyrrole nitrogens is 1. The minimum Gasteiger partial charge on any atom is -0.368 e. The summed E-state index contributed by atoms with van der Waals surface area (Å²) in [6.45, 7) is 5.94. The van der Waals surface area contributed by atoms with Crippen molar-refractivity contribution < 1.29 is 0 Å². The first kappa shape index (κ1) is 19.8. The molecule has 3 aromatic heterocycles. The molecule has 4 aromatic rings. The molecule has 0 radical (unpaired) electrons. The number of piperidine rings is 1. The van der Waals surface area contributed by atoms with Crippen molar-refractivity contribution >= 4 is 28.5 Å². The van der Waals surface area contributed by atoms with Crippen molar-refractivity contribution in [3.8, 4) is 0 Å². The van der Waals surface area contributed by atoms with Crippen molar-refractivity contribution in [2.24, 2.45) is 11.1 Å². The quantitative estimate of drug-likeness (QED) is 0.443. The maximum absolute atomic E-state index is 6.72. The lowest BCUT2D eigenvalue weighted by Gasteiger charge is -2.42. The minimum absolute atomic E-state index is 0.0987. The van der Waals surface area contributed by atoms with Gasteiger partial charge in [0.15, 0.2) is 0 Å². The average molecular weight is 440 g/mol. The highest BCUT2D eigenvalue weighted by Gasteiger charge is 2.45. The number of benzene rings is 1. The summed E-state index contributed by atoms with van der Waals surface area (Å²) in [5.74, 6) is 1.05. The molecule has 4 heterocycles. The number of aromatic nitrogens is 6. The van der Waals surface area contributed by atoms with Gasteiger partial charge in [0.1, 0.15) is 11.3 Å². The monoisotopic (exact) mass is 439 g/mol. The number of hydrogen-bond donors (Lipinski definition) is 3. The van der Waals surface area contributed by atoms with Crippen LogP contribution in [0.1, 0.15) is 41.3 Å². The zero-order chi connectivity index (χ0) is 22.6. The third-order valence-corrected chi connectivity index (χ3v) is 7.25. The van der Waals surface area contributed by atoms with E-state index in [-0.39, 0.29) is 17.4 Å². The van der Waals surface area contributed by atoms with Gasteiger partial charge in [-0.05, 0) is 35.8 Å². The lowest BCUT2D eigenvalue weighted by atomic mass is 9.73. The van der Waals surface area contributed by atoms with E-state index in [0.29, 0.717) is 22.4 Å². The summed E-state index contributed by atoms with van der Waals surface area (Å²) in [4.78, 5) is 19.8. The van der Waals surface area contributed by atoms with Crippen LogP contribution in [0, 0.1) is 5.41 Å². The summed E-state index contributed by atoms with van der Waals surface area (Å²) in [6.07, 6.45) is 8.20. The zero-order valence-corrected chi connectivity index (χ0v) is 18.2. The van der Waals surface area contributed by atoms with Crippen molar-refractivity contribution in [1.29, 1.82) is 0 Å². The van der Waals surface area contributed by atoms with E-state index in [1.807, 2.05) is 6.20 Å². The Morgan fingerprint density at radius 2 is 1.85 bits per heavy atom. The second-order valence-corrected chi connectivity index (χ2v) is 9.01. The molecule has 1 saturated heterocycles. The van der Waals surface area contributed by atoms with Gasteiger partial charge in [-0.25, -0.2) is 19.9 Å². The van der Waals surface area contributed by atoms with Gasteiger partial charge in [-0.15, -0.1) is 0 Å². The predicted molar refractivity (Wildman–Crippen MR) is 127 cm³/mol. The molecule has 1 spiro atoms. The summed E-state index contributed by atoms with van der Waals surface area (Å²) >= 11 is 0. The van der Waals surface area contributed by atoms with E-state index in [1.165, 1.54) is 11.1 Å². The van der Waals surface area contributed by atoms with Gasteiger partial charge in [0.05, 0.1) is 11.9 Å². The Bertz CT molecular complexity index is 1350. The van der Waals surface area contributed by atoms with E-state index < -0.39 is 0 Å². The molecule has 0 saturated carbocycles. The molecule has 0 bridgehead atoms. The summed E-state index contributed by atoms with van der Waals surface area (Å²) in [5, 5.41) is 7.39. The molecule has 5 N–H and O–H groups in total. The van der Waals surface area contributed by atoms with Gasteiger partial charge in [-0.2, -0.15) is 5.10 Å². The van der Waals surface area contributed by atoms with Crippen LogP contribution < -0.4 is 16.4 Å². The predicted octanol–water partition coefficient (Wildman–Crippen LogP) is 2.63. The van der Waals surface area contributed by atoms with Crippen molar-refractivity contribution in [3.63, 3.8) is 0 Å². The maximum Gasteiger partial charge on any atom is 0.219 e. The summed E-state index contributed by atoms with van der Waals surface area (Å²) in [5.41, 5.74) is 18.5. The molecule has 9 heteroatoms. The molecule has 1 aliphatic carbocycles. The third-order valence-electron chi connectivity index (χ3n) is 7.25. The molecule has 2 aliphatic rings. The smallest absolute Gasteiger partial charge is 0.219 e. The number of aromatic amines is 1. The molecule has 1 fully saturated rings. The van der Waals surface area contributed by atoms with Crippen LogP contribution >= 0.6 is 0 Å². The lowest BCUT2D eigenvalue weighted by Crippen LogP contribution is -2.44. The number of rotatable bonds is 3. The molecule has 166 valence electrons. The second-order valence-electron chi connectivity index (χ2n) is 9.01. The standard InChI is InChI=1S/C24H25N9/c1-14(16-11-28-23(26)29-12-16)19-20-22(32-31-19)30-18(13-27-20)33-8-6-24(7-9-33)10-15-4-2-3-5-17(15)21(24)25/h2-5,11-13,21H,1,6-10,25H2,(H2,26,28,29)(H,30,31,32)/t21-/m1/s1. The van der Waals surface area contributed by atoms with Gasteiger partial charge in [0.2, 0.25) is 11.6 Å². The van der Waals surface area contributed by atoms with Crippen molar-refractivity contribution in [1.82, 2.24) is 30.1 Å². The van der Waals surface area contributed by atoms with E-state index in [4.69, 9.17) is 16.5 Å². The van der Waals surface area contributed by atoms with E-state index in [1.54, 1.807) is 12.4 Å². The third kappa shape index (κ3) is 3.15. The molecule has 1 atom stereocenters. The topological polar surface area (TPSA) is 136 Å². The summed E-state index contributed by atoms with van der Waals surface area (Å²) in [6, 6.07) is 8.69. The molecule has 1 aliphatic heterocycles. The average Bonchev–Trinajstić information content (AvgIpc) is 3.38. The molecular formula is C24H25N9. The summed E-state index contributed by atoms with van der Waals surface area (Å²) in [7, 11) is 0. The molecule has 0 unspecified atom stereocenters. The van der Waals surface area contributed by atoms with Gasteiger partial charge in [0, 0.05) is 42.7 Å². The van der Waals surface area contributed by atoms with Crippen molar-refractivity contribution in [3.05, 3.63) is 71.8 Å². The first-order valence-corrected chi connectivity index (χ1v) is 11.1. The number of nitrogen functional groups attached to an aromatic ring is 1. The van der Waals surface area contributed by atoms with Crippen molar-refractivity contribution in [2.45, 2.75) is 25.3 Å². The fraction of sp³-hybridized carbons (Fsp3) is 0.292. The van der Waals surface area contributed by atoms with E-state index in [9.17, 15) is 0 Å². The molecule has 0 amide bonds. The number of nitrogens with two attached hydrogens (primary N) is 2. The van der Waals surface area contributed by atoms with Gasteiger partial charge in [-0.3, -0.25) is 5.10 Å². The normalized spacial score (nSPS) is 19.2. The summed E-state index contributed by atoms with van der Waals surface area (Å²) < 4.78 is 0. The van der Waals surface area contributed by atoms with Crippen LogP contribution in [0.5, 0.6) is 0 Å². The molecule has 1 aromatic carbocycles. The number of fused-ring (bicyclic) bond motifs is 2.